The second-order valence-corrected chi connectivity index (χ2v) is 7.28. The molecule has 4 heteroatoms. The maximum absolute atomic E-state index is 5.90. The first-order chi connectivity index (χ1) is 9.24. The summed E-state index contributed by atoms with van der Waals surface area (Å²) in [6, 6.07) is 0. The van der Waals surface area contributed by atoms with Crippen molar-refractivity contribution >= 4 is 0 Å². The molecule has 0 aliphatic carbocycles. The van der Waals surface area contributed by atoms with Crippen LogP contribution >= 0.6 is 0 Å². The molecule has 0 radical (unpaired) electrons. The zero-order valence-electron chi connectivity index (χ0n) is 13.8. The van der Waals surface area contributed by atoms with Crippen molar-refractivity contribution in [2.45, 2.75) is 72.1 Å². The molecule has 0 atom stereocenters. The molecule has 2 heterocycles. The first kappa shape index (κ1) is 15.5. The highest BCUT2D eigenvalue weighted by Gasteiger charge is 2.30. The van der Waals surface area contributed by atoms with Crippen molar-refractivity contribution in [3.05, 3.63) is 17.2 Å². The van der Waals surface area contributed by atoms with Gasteiger partial charge in [0.2, 0.25) is 0 Å². The molecule has 1 aliphatic heterocycles. The molecule has 1 N–H and O–H groups in total. The van der Waals surface area contributed by atoms with Crippen LogP contribution in [-0.2, 0) is 29.7 Å². The van der Waals surface area contributed by atoms with Gasteiger partial charge < -0.3 is 14.6 Å². The number of aromatic nitrogens is 2. The molecule has 1 aliphatic rings. The minimum absolute atomic E-state index is 0.0552. The Balaban J connectivity index is 2.41. The fourth-order valence-corrected chi connectivity index (χ4v) is 2.93. The quantitative estimate of drug-likeness (QED) is 0.921. The summed E-state index contributed by atoms with van der Waals surface area (Å²) in [7, 11) is 0. The molecule has 2 rings (SSSR count). The molecule has 0 aromatic carbocycles. The van der Waals surface area contributed by atoms with Crippen molar-refractivity contribution in [1.82, 2.24) is 14.9 Å². The van der Waals surface area contributed by atoms with Gasteiger partial charge in [0.25, 0.3) is 0 Å². The smallest absolute Gasteiger partial charge is 0.114 e. The molecule has 20 heavy (non-hydrogen) atoms. The average molecular weight is 279 g/mol. The summed E-state index contributed by atoms with van der Waals surface area (Å²) in [6.45, 7) is 16.6. The maximum Gasteiger partial charge on any atom is 0.114 e. The van der Waals surface area contributed by atoms with Crippen molar-refractivity contribution in [3.8, 4) is 0 Å². The van der Waals surface area contributed by atoms with E-state index in [0.717, 1.165) is 32.7 Å². The van der Waals surface area contributed by atoms with Crippen LogP contribution in [0.3, 0.4) is 0 Å². The molecule has 114 valence electrons. The van der Waals surface area contributed by atoms with Crippen LogP contribution in [0.15, 0.2) is 0 Å². The Morgan fingerprint density at radius 1 is 1.25 bits per heavy atom. The monoisotopic (exact) mass is 279 g/mol. The Morgan fingerprint density at radius 3 is 2.55 bits per heavy atom. The van der Waals surface area contributed by atoms with E-state index >= 15 is 0 Å². The molecule has 0 spiro atoms. The SMILES string of the molecule is CCOC(C)(C)Cn1c(C(C)(C)C)nc2c1CCNC2. The van der Waals surface area contributed by atoms with Gasteiger partial charge >= 0.3 is 0 Å². The second kappa shape index (κ2) is 5.49. The summed E-state index contributed by atoms with van der Waals surface area (Å²) in [5, 5.41) is 3.41. The zero-order chi connectivity index (χ0) is 15.0. The number of ether oxygens (including phenoxy) is 1. The van der Waals surface area contributed by atoms with E-state index in [4.69, 9.17) is 9.72 Å². The average Bonchev–Trinajstić information content (AvgIpc) is 2.67. The summed E-state index contributed by atoms with van der Waals surface area (Å²) in [4.78, 5) is 4.91. The van der Waals surface area contributed by atoms with Gasteiger partial charge in [0.05, 0.1) is 17.8 Å². The number of imidazole rings is 1. The van der Waals surface area contributed by atoms with Gasteiger partial charge in [-0.05, 0) is 20.8 Å². The molecule has 0 saturated heterocycles. The van der Waals surface area contributed by atoms with Crippen LogP contribution in [0.25, 0.3) is 0 Å². The van der Waals surface area contributed by atoms with Crippen molar-refractivity contribution in [3.63, 3.8) is 0 Å². The first-order valence-electron chi connectivity index (χ1n) is 7.68. The van der Waals surface area contributed by atoms with Gasteiger partial charge in [0.1, 0.15) is 5.82 Å². The van der Waals surface area contributed by atoms with E-state index < -0.39 is 0 Å². The predicted molar refractivity (Wildman–Crippen MR) is 82.0 cm³/mol. The number of hydrogen-bond acceptors (Lipinski definition) is 3. The molecular formula is C16H29N3O. The highest BCUT2D eigenvalue weighted by atomic mass is 16.5. The van der Waals surface area contributed by atoms with Crippen LogP contribution < -0.4 is 5.32 Å². The topological polar surface area (TPSA) is 39.1 Å². The van der Waals surface area contributed by atoms with E-state index in [1.165, 1.54) is 17.2 Å². The van der Waals surface area contributed by atoms with Crippen LogP contribution in [-0.4, -0.2) is 28.3 Å². The third-order valence-electron chi connectivity index (χ3n) is 3.73. The normalized spacial score (nSPS) is 16.3. The third kappa shape index (κ3) is 3.23. The number of fused-ring (bicyclic) bond motifs is 1. The zero-order valence-corrected chi connectivity index (χ0v) is 13.8. The Kier molecular flexibility index (Phi) is 4.26. The van der Waals surface area contributed by atoms with Crippen molar-refractivity contribution < 1.29 is 4.74 Å². The Bertz CT molecular complexity index is 469. The lowest BCUT2D eigenvalue weighted by atomic mass is 9.95. The highest BCUT2D eigenvalue weighted by molar-refractivity contribution is 5.24. The van der Waals surface area contributed by atoms with Crippen LogP contribution in [0.5, 0.6) is 0 Å². The fraction of sp³-hybridized carbons (Fsp3) is 0.812. The molecule has 4 nitrogen and oxygen atoms in total. The maximum atomic E-state index is 5.90. The Labute approximate surface area is 122 Å². The molecule has 0 fully saturated rings. The van der Waals surface area contributed by atoms with Gasteiger partial charge in [-0.2, -0.15) is 0 Å². The lowest BCUT2D eigenvalue weighted by Gasteiger charge is -2.30. The molecule has 1 aromatic rings. The standard InChI is InChI=1S/C16H29N3O/c1-7-20-16(5,6)11-19-13-8-9-17-10-12(13)18-14(19)15(2,3)4/h17H,7-11H2,1-6H3. The Morgan fingerprint density at radius 2 is 1.95 bits per heavy atom. The van der Waals surface area contributed by atoms with E-state index in [0.29, 0.717) is 0 Å². The molecule has 0 saturated carbocycles. The summed E-state index contributed by atoms with van der Waals surface area (Å²) >= 11 is 0. The highest BCUT2D eigenvalue weighted by Crippen LogP contribution is 2.28. The van der Waals surface area contributed by atoms with Gasteiger partial charge in [-0.1, -0.05) is 20.8 Å². The van der Waals surface area contributed by atoms with E-state index in [1.54, 1.807) is 0 Å². The largest absolute Gasteiger partial charge is 0.374 e. The van der Waals surface area contributed by atoms with Gasteiger partial charge in [-0.25, -0.2) is 4.98 Å². The van der Waals surface area contributed by atoms with Gasteiger partial charge in [0.15, 0.2) is 0 Å². The number of rotatable bonds is 4. The van der Waals surface area contributed by atoms with Crippen molar-refractivity contribution in [2.24, 2.45) is 0 Å². The van der Waals surface area contributed by atoms with E-state index in [9.17, 15) is 0 Å². The number of hydrogen-bond donors (Lipinski definition) is 1. The van der Waals surface area contributed by atoms with Gasteiger partial charge in [-0.3, -0.25) is 0 Å². The van der Waals surface area contributed by atoms with E-state index in [-0.39, 0.29) is 11.0 Å². The van der Waals surface area contributed by atoms with E-state index in [1.807, 2.05) is 0 Å². The van der Waals surface area contributed by atoms with Crippen LogP contribution in [0, 0.1) is 0 Å². The number of nitrogens with zero attached hydrogens (tertiary/aromatic N) is 2. The molecule has 0 unspecified atom stereocenters. The molecule has 0 bridgehead atoms. The molecular weight excluding hydrogens is 250 g/mol. The summed E-state index contributed by atoms with van der Waals surface area (Å²) in [6.07, 6.45) is 1.06. The predicted octanol–water partition coefficient (Wildman–Crippen LogP) is 2.64. The number of nitrogens with one attached hydrogen (secondary N) is 1. The molecule has 1 aromatic heterocycles. The lowest BCUT2D eigenvalue weighted by molar-refractivity contribution is -0.0238. The van der Waals surface area contributed by atoms with Crippen LogP contribution in [0.2, 0.25) is 0 Å². The Hall–Kier alpha value is -0.870. The summed E-state index contributed by atoms with van der Waals surface area (Å²) < 4.78 is 8.31. The minimum Gasteiger partial charge on any atom is -0.374 e. The first-order valence-corrected chi connectivity index (χ1v) is 7.68. The van der Waals surface area contributed by atoms with Crippen LogP contribution in [0.1, 0.15) is 58.8 Å². The summed E-state index contributed by atoms with van der Waals surface area (Å²) in [5.41, 5.74) is 2.50. The fourth-order valence-electron chi connectivity index (χ4n) is 2.93. The summed E-state index contributed by atoms with van der Waals surface area (Å²) in [5.74, 6) is 1.18. The van der Waals surface area contributed by atoms with E-state index in [2.05, 4.69) is 51.4 Å². The van der Waals surface area contributed by atoms with Crippen molar-refractivity contribution in [1.29, 1.82) is 0 Å². The third-order valence-corrected chi connectivity index (χ3v) is 3.73. The van der Waals surface area contributed by atoms with Gasteiger partial charge in [0, 0.05) is 37.2 Å². The van der Waals surface area contributed by atoms with Crippen molar-refractivity contribution in [2.75, 3.05) is 13.2 Å². The molecule has 0 amide bonds. The van der Waals surface area contributed by atoms with Crippen LogP contribution in [0.4, 0.5) is 0 Å². The van der Waals surface area contributed by atoms with Gasteiger partial charge in [-0.15, -0.1) is 0 Å². The lowest BCUT2D eigenvalue weighted by Crippen LogP contribution is -2.34. The minimum atomic E-state index is -0.159. The second-order valence-electron chi connectivity index (χ2n) is 7.28.